The fourth-order valence-corrected chi connectivity index (χ4v) is 2.36. The van der Waals surface area contributed by atoms with Crippen LogP contribution in [0.4, 0.5) is 10.5 Å². The van der Waals surface area contributed by atoms with Gasteiger partial charge in [-0.3, -0.25) is 24.6 Å². The van der Waals surface area contributed by atoms with E-state index in [2.05, 4.69) is 4.99 Å². The summed E-state index contributed by atoms with van der Waals surface area (Å²) >= 11 is 0. The van der Waals surface area contributed by atoms with Crippen molar-refractivity contribution in [1.29, 1.82) is 0 Å². The molecule has 0 aromatic heterocycles. The maximum absolute atomic E-state index is 12.0. The lowest BCUT2D eigenvalue weighted by Gasteiger charge is -2.10. The van der Waals surface area contributed by atoms with Crippen LogP contribution in [0.15, 0.2) is 23.2 Å². The molecule has 0 saturated carbocycles. The van der Waals surface area contributed by atoms with Crippen LogP contribution in [0.3, 0.4) is 0 Å². The van der Waals surface area contributed by atoms with E-state index >= 15 is 0 Å². The first-order valence-electron chi connectivity index (χ1n) is 7.07. The summed E-state index contributed by atoms with van der Waals surface area (Å²) in [5.41, 5.74) is 1.17. The van der Waals surface area contributed by atoms with Crippen LogP contribution in [0, 0.1) is 17.0 Å². The number of rotatable bonds is 5. The zero-order valence-electron chi connectivity index (χ0n) is 13.4. The molecule has 0 saturated heterocycles. The highest BCUT2D eigenvalue weighted by molar-refractivity contribution is 6.46. The number of imide groups is 1. The van der Waals surface area contributed by atoms with E-state index in [1.54, 1.807) is 13.0 Å². The van der Waals surface area contributed by atoms with E-state index in [0.29, 0.717) is 11.1 Å². The molecule has 0 atom stereocenters. The summed E-state index contributed by atoms with van der Waals surface area (Å²) in [7, 11) is 1.29. The quantitative estimate of drug-likeness (QED) is 0.466. The van der Waals surface area contributed by atoms with Crippen molar-refractivity contribution in [1.82, 2.24) is 4.90 Å². The number of urea groups is 1. The monoisotopic (exact) mass is 329 g/mol. The highest BCUT2D eigenvalue weighted by atomic mass is 16.6. The average molecular weight is 329 g/mol. The Morgan fingerprint density at radius 3 is 2.54 bits per heavy atom. The Morgan fingerprint density at radius 1 is 1.38 bits per heavy atom. The van der Waals surface area contributed by atoms with Gasteiger partial charge in [0.25, 0.3) is 11.6 Å². The Kier molecular flexibility index (Phi) is 4.68. The Hall–Kier alpha value is -3.16. The van der Waals surface area contributed by atoms with Crippen molar-refractivity contribution >= 4 is 35.2 Å². The van der Waals surface area contributed by atoms with Crippen molar-refractivity contribution in [3.8, 4) is 0 Å². The molecule has 1 aromatic carbocycles. The first-order valence-corrected chi connectivity index (χ1v) is 7.07. The molecule has 0 unspecified atom stereocenters. The molecule has 0 radical (unpaired) electrons. The van der Waals surface area contributed by atoms with Gasteiger partial charge in [-0.05, 0) is 31.1 Å². The minimum absolute atomic E-state index is 0.0614. The fourth-order valence-electron chi connectivity index (χ4n) is 2.36. The molecule has 1 heterocycles. The summed E-state index contributed by atoms with van der Waals surface area (Å²) in [4.78, 5) is 49.9. The SMILES string of the molecule is CC(=O)/C=C\c1c(C)ccc([N+](=O)[O-])c1CC1=NC(=O)N(C)C1=O. The maximum Gasteiger partial charge on any atom is 0.350 e. The lowest BCUT2D eigenvalue weighted by atomic mass is 9.95. The number of allylic oxidation sites excluding steroid dienone is 1. The van der Waals surface area contributed by atoms with Gasteiger partial charge < -0.3 is 0 Å². The lowest BCUT2D eigenvalue weighted by Crippen LogP contribution is -2.29. The predicted octanol–water partition coefficient (Wildman–Crippen LogP) is 2.08. The molecule has 124 valence electrons. The minimum Gasteiger partial charge on any atom is -0.295 e. The Labute approximate surface area is 137 Å². The number of hydrogen-bond acceptors (Lipinski definition) is 5. The summed E-state index contributed by atoms with van der Waals surface area (Å²) in [6, 6.07) is 2.20. The molecule has 1 aliphatic heterocycles. The molecule has 1 aliphatic rings. The molecule has 0 fully saturated rings. The zero-order valence-corrected chi connectivity index (χ0v) is 13.4. The molecular formula is C16H15N3O5. The molecule has 3 amide bonds. The number of amides is 3. The summed E-state index contributed by atoms with van der Waals surface area (Å²) in [6.45, 7) is 3.10. The van der Waals surface area contributed by atoms with Gasteiger partial charge in [0.05, 0.1) is 4.92 Å². The van der Waals surface area contributed by atoms with Crippen molar-refractivity contribution in [2.24, 2.45) is 4.99 Å². The molecule has 0 bridgehead atoms. The van der Waals surface area contributed by atoms with E-state index < -0.39 is 16.9 Å². The molecule has 0 aliphatic carbocycles. The third kappa shape index (κ3) is 3.27. The summed E-state index contributed by atoms with van der Waals surface area (Å²) in [5, 5.41) is 11.3. The van der Waals surface area contributed by atoms with Crippen LogP contribution in [-0.4, -0.2) is 40.3 Å². The fraction of sp³-hybridized carbons (Fsp3) is 0.250. The van der Waals surface area contributed by atoms with Crippen LogP contribution in [0.1, 0.15) is 23.6 Å². The van der Waals surface area contributed by atoms with E-state index in [4.69, 9.17) is 0 Å². The number of nitrogens with zero attached hydrogens (tertiary/aromatic N) is 3. The van der Waals surface area contributed by atoms with Crippen LogP contribution in [-0.2, 0) is 16.0 Å². The summed E-state index contributed by atoms with van der Waals surface area (Å²) < 4.78 is 0. The van der Waals surface area contributed by atoms with Crippen molar-refractivity contribution in [2.45, 2.75) is 20.3 Å². The van der Waals surface area contributed by atoms with Crippen molar-refractivity contribution < 1.29 is 19.3 Å². The molecule has 8 heteroatoms. The maximum atomic E-state index is 12.0. The van der Waals surface area contributed by atoms with Gasteiger partial charge in [-0.1, -0.05) is 12.1 Å². The number of nitro groups is 1. The Balaban J connectivity index is 2.58. The van der Waals surface area contributed by atoms with Crippen LogP contribution in [0.25, 0.3) is 6.08 Å². The van der Waals surface area contributed by atoms with Crippen LogP contribution >= 0.6 is 0 Å². The van der Waals surface area contributed by atoms with E-state index in [1.165, 1.54) is 32.2 Å². The molecule has 2 rings (SSSR count). The van der Waals surface area contributed by atoms with Crippen molar-refractivity contribution in [2.75, 3.05) is 7.05 Å². The van der Waals surface area contributed by atoms with E-state index in [-0.39, 0.29) is 29.2 Å². The average Bonchev–Trinajstić information content (AvgIpc) is 2.73. The highest BCUT2D eigenvalue weighted by Crippen LogP contribution is 2.28. The first-order chi connectivity index (χ1) is 11.2. The number of ketones is 1. The second kappa shape index (κ2) is 6.53. The normalized spacial score (nSPS) is 14.5. The Bertz CT molecular complexity index is 823. The lowest BCUT2D eigenvalue weighted by molar-refractivity contribution is -0.385. The second-order valence-corrected chi connectivity index (χ2v) is 5.38. The van der Waals surface area contributed by atoms with Gasteiger partial charge in [-0.2, -0.15) is 4.99 Å². The van der Waals surface area contributed by atoms with Crippen LogP contribution in [0.5, 0.6) is 0 Å². The molecule has 0 spiro atoms. The Morgan fingerprint density at radius 2 is 2.04 bits per heavy atom. The third-order valence-corrected chi connectivity index (χ3v) is 3.65. The van der Waals surface area contributed by atoms with Crippen LogP contribution in [0.2, 0.25) is 0 Å². The number of benzene rings is 1. The summed E-state index contributed by atoms with van der Waals surface area (Å²) in [6.07, 6.45) is 2.61. The van der Waals surface area contributed by atoms with Gasteiger partial charge in [-0.25, -0.2) is 4.79 Å². The van der Waals surface area contributed by atoms with Gasteiger partial charge in [0.2, 0.25) is 0 Å². The minimum atomic E-state index is -0.703. The van der Waals surface area contributed by atoms with Crippen molar-refractivity contribution in [3.05, 3.63) is 45.0 Å². The van der Waals surface area contributed by atoms with Gasteiger partial charge in [0.1, 0.15) is 5.71 Å². The smallest absolute Gasteiger partial charge is 0.295 e. The second-order valence-electron chi connectivity index (χ2n) is 5.38. The van der Waals surface area contributed by atoms with Gasteiger partial charge in [0, 0.05) is 25.1 Å². The third-order valence-electron chi connectivity index (χ3n) is 3.65. The predicted molar refractivity (Wildman–Crippen MR) is 86.9 cm³/mol. The molecule has 8 nitrogen and oxygen atoms in total. The molecular weight excluding hydrogens is 314 g/mol. The van der Waals surface area contributed by atoms with Gasteiger partial charge in [-0.15, -0.1) is 0 Å². The van der Waals surface area contributed by atoms with Gasteiger partial charge >= 0.3 is 6.03 Å². The van der Waals surface area contributed by atoms with Gasteiger partial charge in [0.15, 0.2) is 5.78 Å². The summed E-state index contributed by atoms with van der Waals surface area (Å²) in [5.74, 6) is -0.798. The molecule has 24 heavy (non-hydrogen) atoms. The van der Waals surface area contributed by atoms with E-state index in [9.17, 15) is 24.5 Å². The molecule has 1 aromatic rings. The number of hydrogen-bond donors (Lipinski definition) is 0. The first kappa shape index (κ1) is 17.2. The topological polar surface area (TPSA) is 110 Å². The molecule has 0 N–H and O–H groups in total. The standard InChI is InChI=1S/C16H15N3O5/c1-9-4-7-14(19(23)24)12(11(9)6-5-10(2)20)8-13-15(21)18(3)16(22)17-13/h4-7H,8H2,1-3H3/b6-5-. The van der Waals surface area contributed by atoms with Crippen LogP contribution < -0.4 is 0 Å². The van der Waals surface area contributed by atoms with E-state index in [0.717, 1.165) is 4.90 Å². The number of carbonyl (C=O) groups excluding carboxylic acids is 3. The largest absolute Gasteiger partial charge is 0.350 e. The number of nitro benzene ring substituents is 1. The van der Waals surface area contributed by atoms with E-state index in [1.807, 2.05) is 0 Å². The number of carbonyl (C=O) groups is 3. The highest BCUT2D eigenvalue weighted by Gasteiger charge is 2.32. The zero-order chi connectivity index (χ0) is 18.0. The number of aryl methyl sites for hydroxylation is 1. The number of aliphatic imine (C=N–C) groups is 1. The van der Waals surface area contributed by atoms with Crippen molar-refractivity contribution in [3.63, 3.8) is 0 Å².